The van der Waals surface area contributed by atoms with Crippen LogP contribution in [-0.4, -0.2) is 49.7 Å². The van der Waals surface area contributed by atoms with E-state index in [4.69, 9.17) is 0 Å². The van der Waals surface area contributed by atoms with Gasteiger partial charge >= 0.3 is 0 Å². The zero-order valence-corrected chi connectivity index (χ0v) is 17.0. The summed E-state index contributed by atoms with van der Waals surface area (Å²) >= 11 is 0. The first-order valence-corrected chi connectivity index (χ1v) is 11.2. The van der Waals surface area contributed by atoms with Gasteiger partial charge in [-0.15, -0.1) is 0 Å². The lowest BCUT2D eigenvalue weighted by Gasteiger charge is -2.45. The van der Waals surface area contributed by atoms with Crippen LogP contribution in [-0.2, 0) is 20.2 Å². The van der Waals surface area contributed by atoms with Crippen LogP contribution in [0.3, 0.4) is 0 Å². The van der Waals surface area contributed by atoms with Gasteiger partial charge < -0.3 is 4.90 Å². The maximum Gasteiger partial charge on any atom is 0.246 e. The second-order valence-corrected chi connectivity index (χ2v) is 9.62. The number of nitrogens with zero attached hydrogens (tertiary/aromatic N) is 2. The van der Waals surface area contributed by atoms with Crippen LogP contribution < -0.4 is 0 Å². The van der Waals surface area contributed by atoms with Gasteiger partial charge in [0, 0.05) is 32.2 Å². The van der Waals surface area contributed by atoms with Gasteiger partial charge in [0.15, 0.2) is 0 Å². The van der Waals surface area contributed by atoms with E-state index in [0.717, 1.165) is 22.9 Å². The number of benzene rings is 2. The van der Waals surface area contributed by atoms with Crippen LogP contribution in [0, 0.1) is 17.5 Å². The van der Waals surface area contributed by atoms with Gasteiger partial charge in [0.05, 0.1) is 5.41 Å². The van der Waals surface area contributed by atoms with Crippen molar-refractivity contribution in [1.29, 1.82) is 0 Å². The third kappa shape index (κ3) is 3.50. The van der Waals surface area contributed by atoms with Gasteiger partial charge in [-0.1, -0.05) is 18.6 Å². The smallest absolute Gasteiger partial charge is 0.246 e. The average Bonchev–Trinajstić information content (AvgIpc) is 2.67. The summed E-state index contributed by atoms with van der Waals surface area (Å²) in [6.07, 6.45) is 2.10. The van der Waals surface area contributed by atoms with Crippen LogP contribution in [0.5, 0.6) is 0 Å². The lowest BCUT2D eigenvalue weighted by Crippen LogP contribution is -2.57. The molecule has 2 fully saturated rings. The van der Waals surface area contributed by atoms with Crippen LogP contribution in [0.15, 0.2) is 47.4 Å². The molecule has 1 saturated heterocycles. The van der Waals surface area contributed by atoms with Crippen molar-refractivity contribution in [3.8, 4) is 0 Å². The Bertz CT molecular complexity index is 1080. The predicted molar refractivity (Wildman–Crippen MR) is 104 cm³/mol. The topological polar surface area (TPSA) is 57.7 Å². The van der Waals surface area contributed by atoms with E-state index in [1.165, 1.54) is 12.1 Å². The van der Waals surface area contributed by atoms with Crippen molar-refractivity contribution in [2.45, 2.75) is 29.6 Å². The van der Waals surface area contributed by atoms with E-state index in [1.807, 2.05) is 0 Å². The van der Waals surface area contributed by atoms with Crippen LogP contribution in [0.1, 0.15) is 24.8 Å². The van der Waals surface area contributed by atoms with Crippen LogP contribution in [0.25, 0.3) is 0 Å². The first kappa shape index (κ1) is 20.9. The minimum absolute atomic E-state index is 0.00409. The van der Waals surface area contributed by atoms with Gasteiger partial charge in [-0.3, -0.25) is 4.79 Å². The first-order chi connectivity index (χ1) is 14.2. The van der Waals surface area contributed by atoms with E-state index in [0.29, 0.717) is 24.5 Å². The molecule has 2 aromatic rings. The Morgan fingerprint density at radius 3 is 2.13 bits per heavy atom. The fraction of sp³-hybridized carbons (Fsp3) is 0.381. The summed E-state index contributed by atoms with van der Waals surface area (Å²) in [5, 5.41) is 0. The molecule has 1 heterocycles. The predicted octanol–water partition coefficient (Wildman–Crippen LogP) is 3.06. The van der Waals surface area contributed by atoms with Crippen molar-refractivity contribution in [2.24, 2.45) is 0 Å². The molecule has 1 aliphatic heterocycles. The number of rotatable bonds is 4. The largest absolute Gasteiger partial charge is 0.339 e. The lowest BCUT2D eigenvalue weighted by molar-refractivity contribution is -0.142. The Labute approximate surface area is 173 Å². The van der Waals surface area contributed by atoms with Crippen molar-refractivity contribution in [2.75, 3.05) is 26.2 Å². The molecular weight excluding hydrogens is 417 g/mol. The third-order valence-corrected chi connectivity index (χ3v) is 7.96. The van der Waals surface area contributed by atoms with Gasteiger partial charge in [-0.05, 0) is 42.7 Å². The first-order valence-electron chi connectivity index (χ1n) is 9.75. The molecule has 2 aliphatic rings. The van der Waals surface area contributed by atoms with E-state index >= 15 is 0 Å². The normalized spacial score (nSPS) is 19.4. The number of hydrogen-bond acceptors (Lipinski definition) is 3. The number of carbonyl (C=O) groups excluding carboxylic acids is 1. The summed E-state index contributed by atoms with van der Waals surface area (Å²) in [6.45, 7) is 0.310. The molecule has 0 radical (unpaired) electrons. The molecule has 0 N–H and O–H groups in total. The zero-order chi connectivity index (χ0) is 21.5. The third-order valence-electron chi connectivity index (χ3n) is 6.03. The highest BCUT2D eigenvalue weighted by Gasteiger charge is 2.48. The molecule has 5 nitrogen and oxygen atoms in total. The highest BCUT2D eigenvalue weighted by molar-refractivity contribution is 7.89. The fourth-order valence-corrected chi connectivity index (χ4v) is 5.67. The molecule has 1 aliphatic carbocycles. The summed E-state index contributed by atoms with van der Waals surface area (Å²) < 4.78 is 67.4. The molecule has 0 atom stereocenters. The molecule has 160 valence electrons. The Kier molecular flexibility index (Phi) is 5.36. The highest BCUT2D eigenvalue weighted by atomic mass is 32.2. The maximum atomic E-state index is 14.0. The second-order valence-electron chi connectivity index (χ2n) is 7.72. The number of sulfonamides is 1. The molecular formula is C21H21F3N2O3S. The van der Waals surface area contributed by atoms with Crippen LogP contribution >= 0.6 is 0 Å². The molecule has 4 rings (SSSR count). The lowest BCUT2D eigenvalue weighted by atomic mass is 9.63. The van der Waals surface area contributed by atoms with Gasteiger partial charge in [-0.25, -0.2) is 21.6 Å². The summed E-state index contributed by atoms with van der Waals surface area (Å²) in [5.41, 5.74) is -0.131. The Morgan fingerprint density at radius 1 is 0.900 bits per heavy atom. The molecule has 0 aromatic heterocycles. The molecule has 30 heavy (non-hydrogen) atoms. The number of piperazine rings is 1. The monoisotopic (exact) mass is 438 g/mol. The maximum absolute atomic E-state index is 14.0. The van der Waals surface area contributed by atoms with E-state index in [-0.39, 0.29) is 32.1 Å². The van der Waals surface area contributed by atoms with Gasteiger partial charge in [-0.2, -0.15) is 4.31 Å². The van der Waals surface area contributed by atoms with Gasteiger partial charge in [0.25, 0.3) is 0 Å². The number of carbonyl (C=O) groups is 1. The standard InChI is InChI=1S/C21H21F3N2O3S/c22-16-4-1-3-15(13-16)21(7-2-8-21)20(27)25-9-11-26(12-10-25)30(28,29)19-6-5-17(23)14-18(19)24/h1,3-6,13-14H,2,7-12H2. The molecule has 0 bridgehead atoms. The summed E-state index contributed by atoms with van der Waals surface area (Å²) in [5.74, 6) is -2.54. The van der Waals surface area contributed by atoms with E-state index in [1.54, 1.807) is 17.0 Å². The second kappa shape index (κ2) is 7.70. The molecule has 9 heteroatoms. The van der Waals surface area contributed by atoms with Gasteiger partial charge in [0.2, 0.25) is 15.9 Å². The summed E-state index contributed by atoms with van der Waals surface area (Å²) in [4.78, 5) is 14.3. The molecule has 2 aromatic carbocycles. The van der Waals surface area contributed by atoms with E-state index < -0.39 is 37.8 Å². The SMILES string of the molecule is O=C(N1CCN(S(=O)(=O)c2ccc(F)cc2F)CC1)C1(c2cccc(F)c2)CCC1. The van der Waals surface area contributed by atoms with E-state index in [2.05, 4.69) is 0 Å². The van der Waals surface area contributed by atoms with Crippen molar-refractivity contribution in [3.05, 3.63) is 65.5 Å². The Hall–Kier alpha value is -2.39. The number of amides is 1. The quantitative estimate of drug-likeness (QED) is 0.737. The summed E-state index contributed by atoms with van der Waals surface area (Å²) in [7, 11) is -4.14. The zero-order valence-electron chi connectivity index (χ0n) is 16.2. The van der Waals surface area contributed by atoms with Crippen molar-refractivity contribution in [1.82, 2.24) is 9.21 Å². The minimum atomic E-state index is -4.14. The highest BCUT2D eigenvalue weighted by Crippen LogP contribution is 2.45. The molecule has 0 unspecified atom stereocenters. The van der Waals surface area contributed by atoms with E-state index in [9.17, 15) is 26.4 Å². The fourth-order valence-electron chi connectivity index (χ4n) is 4.20. The Balaban J connectivity index is 1.49. The minimum Gasteiger partial charge on any atom is -0.339 e. The number of hydrogen-bond donors (Lipinski definition) is 0. The van der Waals surface area contributed by atoms with Gasteiger partial charge in [0.1, 0.15) is 22.3 Å². The molecule has 0 spiro atoms. The summed E-state index contributed by atoms with van der Waals surface area (Å²) in [6, 6.07) is 8.39. The number of halogens is 3. The van der Waals surface area contributed by atoms with Crippen LogP contribution in [0.4, 0.5) is 13.2 Å². The van der Waals surface area contributed by atoms with Crippen molar-refractivity contribution in [3.63, 3.8) is 0 Å². The van der Waals surface area contributed by atoms with Crippen molar-refractivity contribution < 1.29 is 26.4 Å². The Morgan fingerprint density at radius 2 is 1.57 bits per heavy atom. The van der Waals surface area contributed by atoms with Crippen LogP contribution in [0.2, 0.25) is 0 Å². The molecule has 1 saturated carbocycles. The van der Waals surface area contributed by atoms with Crippen molar-refractivity contribution >= 4 is 15.9 Å². The molecule has 1 amide bonds. The average molecular weight is 438 g/mol.